The molecule has 1 aromatic carbocycles. The zero-order valence-corrected chi connectivity index (χ0v) is 11.8. The topological polar surface area (TPSA) is 41.6 Å². The third-order valence-electron chi connectivity index (χ3n) is 3.40. The van der Waals surface area contributed by atoms with Crippen LogP contribution in [0.4, 0.5) is 4.79 Å². The summed E-state index contributed by atoms with van der Waals surface area (Å²) in [5.41, 5.74) is 1.11. The molecule has 1 saturated heterocycles. The van der Waals surface area contributed by atoms with Crippen molar-refractivity contribution in [2.75, 3.05) is 26.7 Å². The van der Waals surface area contributed by atoms with Gasteiger partial charge in [-0.1, -0.05) is 23.7 Å². The van der Waals surface area contributed by atoms with E-state index in [1.807, 2.05) is 24.3 Å². The molecule has 1 heterocycles. The average Bonchev–Trinajstić information content (AvgIpc) is 2.39. The number of nitrogens with one attached hydrogen (secondary N) is 1. The number of halogens is 1. The molecule has 1 amide bonds. The summed E-state index contributed by atoms with van der Waals surface area (Å²) in [6.45, 7) is 2.43. The molecule has 2 rings (SSSR count). The molecule has 1 aliphatic heterocycles. The van der Waals surface area contributed by atoms with Crippen molar-refractivity contribution in [3.05, 3.63) is 34.9 Å². The van der Waals surface area contributed by atoms with Gasteiger partial charge in [0.05, 0.1) is 13.2 Å². The quantitative estimate of drug-likeness (QED) is 0.861. The first-order valence-electron chi connectivity index (χ1n) is 6.53. The van der Waals surface area contributed by atoms with E-state index in [2.05, 4.69) is 5.32 Å². The van der Waals surface area contributed by atoms with Crippen LogP contribution in [0.1, 0.15) is 24.4 Å². The van der Waals surface area contributed by atoms with E-state index in [0.29, 0.717) is 11.6 Å². The summed E-state index contributed by atoms with van der Waals surface area (Å²) in [4.78, 5) is 13.7. The van der Waals surface area contributed by atoms with Crippen LogP contribution in [0.2, 0.25) is 5.02 Å². The first-order chi connectivity index (χ1) is 9.22. The lowest BCUT2D eigenvalue weighted by molar-refractivity contribution is 0.0989. The molecule has 1 aliphatic rings. The van der Waals surface area contributed by atoms with Crippen LogP contribution in [0, 0.1) is 0 Å². The number of ether oxygens (including phenoxy) is 1. The van der Waals surface area contributed by atoms with Crippen molar-refractivity contribution in [1.29, 1.82) is 0 Å². The molecule has 0 aromatic heterocycles. The molecule has 5 heteroatoms. The summed E-state index contributed by atoms with van der Waals surface area (Å²) in [6, 6.07) is 7.76. The Balaban J connectivity index is 2.24. The van der Waals surface area contributed by atoms with Crippen LogP contribution in [0.15, 0.2) is 24.3 Å². The fourth-order valence-electron chi connectivity index (χ4n) is 2.42. The van der Waals surface area contributed by atoms with Crippen LogP contribution < -0.4 is 5.32 Å². The van der Waals surface area contributed by atoms with Gasteiger partial charge in [-0.15, -0.1) is 0 Å². The minimum Gasteiger partial charge on any atom is -0.453 e. The zero-order valence-electron chi connectivity index (χ0n) is 11.1. The molecule has 1 unspecified atom stereocenters. The van der Waals surface area contributed by atoms with Crippen LogP contribution >= 0.6 is 11.6 Å². The van der Waals surface area contributed by atoms with Crippen molar-refractivity contribution in [2.45, 2.75) is 18.9 Å². The molecule has 0 bridgehead atoms. The summed E-state index contributed by atoms with van der Waals surface area (Å²) >= 11 is 5.92. The highest BCUT2D eigenvalue weighted by Gasteiger charge is 2.26. The van der Waals surface area contributed by atoms with Gasteiger partial charge in [-0.3, -0.25) is 4.90 Å². The van der Waals surface area contributed by atoms with Crippen LogP contribution in [-0.2, 0) is 4.74 Å². The molecule has 0 spiro atoms. The van der Waals surface area contributed by atoms with Gasteiger partial charge in [0.1, 0.15) is 0 Å². The molecule has 1 aromatic rings. The number of amides is 1. The molecular weight excluding hydrogens is 264 g/mol. The second-order valence-corrected chi connectivity index (χ2v) is 5.06. The first kappa shape index (κ1) is 14.2. The van der Waals surface area contributed by atoms with E-state index >= 15 is 0 Å². The summed E-state index contributed by atoms with van der Waals surface area (Å²) in [7, 11) is 1.42. The minimum absolute atomic E-state index is 0.0619. The van der Waals surface area contributed by atoms with Crippen molar-refractivity contribution < 1.29 is 9.53 Å². The lowest BCUT2D eigenvalue weighted by Gasteiger charge is -2.33. The Morgan fingerprint density at radius 3 is 2.79 bits per heavy atom. The van der Waals surface area contributed by atoms with E-state index in [-0.39, 0.29) is 12.1 Å². The maximum absolute atomic E-state index is 11.9. The minimum atomic E-state index is -0.274. The number of benzene rings is 1. The molecule has 1 N–H and O–H groups in total. The number of nitrogens with zero attached hydrogens (tertiary/aromatic N) is 1. The van der Waals surface area contributed by atoms with Crippen LogP contribution in [0.25, 0.3) is 0 Å². The Hall–Kier alpha value is -1.26. The molecule has 0 radical (unpaired) electrons. The van der Waals surface area contributed by atoms with Gasteiger partial charge < -0.3 is 10.1 Å². The second-order valence-electron chi connectivity index (χ2n) is 4.62. The molecule has 1 fully saturated rings. The van der Waals surface area contributed by atoms with E-state index in [9.17, 15) is 4.79 Å². The van der Waals surface area contributed by atoms with Gasteiger partial charge in [-0.2, -0.15) is 0 Å². The number of hydrogen-bond donors (Lipinski definition) is 1. The Labute approximate surface area is 118 Å². The van der Waals surface area contributed by atoms with E-state index in [4.69, 9.17) is 16.3 Å². The zero-order chi connectivity index (χ0) is 13.7. The number of rotatable bonds is 1. The van der Waals surface area contributed by atoms with Crippen LogP contribution in [-0.4, -0.2) is 37.7 Å². The Kier molecular flexibility index (Phi) is 5.05. The lowest BCUT2D eigenvalue weighted by atomic mass is 9.99. The first-order valence-corrected chi connectivity index (χ1v) is 6.91. The van der Waals surface area contributed by atoms with E-state index in [1.54, 1.807) is 4.90 Å². The number of carbonyl (C=O) groups excluding carboxylic acids is 1. The van der Waals surface area contributed by atoms with Crippen molar-refractivity contribution in [3.8, 4) is 0 Å². The third kappa shape index (κ3) is 3.61. The Morgan fingerprint density at radius 1 is 1.37 bits per heavy atom. The van der Waals surface area contributed by atoms with Gasteiger partial charge in [0.2, 0.25) is 0 Å². The number of carbonyl (C=O) groups is 1. The van der Waals surface area contributed by atoms with Crippen LogP contribution in [0.3, 0.4) is 0 Å². The molecular formula is C14H19ClN2O2. The van der Waals surface area contributed by atoms with Gasteiger partial charge in [-0.05, 0) is 37.1 Å². The molecule has 1 atom stereocenters. The van der Waals surface area contributed by atoms with Crippen molar-refractivity contribution >= 4 is 17.7 Å². The van der Waals surface area contributed by atoms with E-state index < -0.39 is 0 Å². The predicted octanol–water partition coefficient (Wildman–Crippen LogP) is 2.83. The smallest absolute Gasteiger partial charge is 0.410 e. The van der Waals surface area contributed by atoms with Crippen molar-refractivity contribution in [3.63, 3.8) is 0 Å². The molecule has 0 aliphatic carbocycles. The molecule has 104 valence electrons. The SMILES string of the molecule is COC(=O)N1CCNCCCC1c1ccc(Cl)cc1. The maximum Gasteiger partial charge on any atom is 0.410 e. The normalized spacial score (nSPS) is 20.5. The summed E-state index contributed by atoms with van der Waals surface area (Å²) < 4.78 is 4.89. The predicted molar refractivity (Wildman–Crippen MR) is 75.4 cm³/mol. The van der Waals surface area contributed by atoms with E-state index in [0.717, 1.165) is 31.5 Å². The Bertz CT molecular complexity index is 422. The van der Waals surface area contributed by atoms with E-state index in [1.165, 1.54) is 7.11 Å². The lowest BCUT2D eigenvalue weighted by Crippen LogP contribution is -2.41. The van der Waals surface area contributed by atoms with Crippen LogP contribution in [0.5, 0.6) is 0 Å². The highest BCUT2D eigenvalue weighted by Crippen LogP contribution is 2.28. The van der Waals surface area contributed by atoms with Gasteiger partial charge in [0.25, 0.3) is 0 Å². The fraction of sp³-hybridized carbons (Fsp3) is 0.500. The Morgan fingerprint density at radius 2 is 2.11 bits per heavy atom. The maximum atomic E-state index is 11.9. The highest BCUT2D eigenvalue weighted by atomic mass is 35.5. The summed E-state index contributed by atoms with van der Waals surface area (Å²) in [5, 5.41) is 4.02. The van der Waals surface area contributed by atoms with Crippen molar-refractivity contribution in [1.82, 2.24) is 10.2 Å². The molecule has 4 nitrogen and oxygen atoms in total. The third-order valence-corrected chi connectivity index (χ3v) is 3.65. The summed E-state index contributed by atoms with van der Waals surface area (Å²) in [6.07, 6.45) is 1.67. The monoisotopic (exact) mass is 282 g/mol. The van der Waals surface area contributed by atoms with Crippen molar-refractivity contribution in [2.24, 2.45) is 0 Å². The second kappa shape index (κ2) is 6.78. The molecule has 19 heavy (non-hydrogen) atoms. The highest BCUT2D eigenvalue weighted by molar-refractivity contribution is 6.30. The van der Waals surface area contributed by atoms with Gasteiger partial charge in [0.15, 0.2) is 0 Å². The van der Waals surface area contributed by atoms with Gasteiger partial charge >= 0.3 is 6.09 Å². The number of hydrogen-bond acceptors (Lipinski definition) is 3. The standard InChI is InChI=1S/C14H19ClN2O2/c1-19-14(18)17-10-9-16-8-2-3-13(17)11-4-6-12(15)7-5-11/h4-7,13,16H,2-3,8-10H2,1H3. The fourth-order valence-corrected chi connectivity index (χ4v) is 2.55. The average molecular weight is 283 g/mol. The van der Waals surface area contributed by atoms with Gasteiger partial charge in [-0.25, -0.2) is 4.79 Å². The molecule has 0 saturated carbocycles. The number of methoxy groups -OCH3 is 1. The largest absolute Gasteiger partial charge is 0.453 e. The van der Waals surface area contributed by atoms with Gasteiger partial charge in [0, 0.05) is 18.1 Å². The summed E-state index contributed by atoms with van der Waals surface area (Å²) in [5.74, 6) is 0.